The Morgan fingerprint density at radius 2 is 1.52 bits per heavy atom. The molecule has 0 bridgehead atoms. The van der Waals surface area contributed by atoms with Crippen molar-refractivity contribution < 1.29 is 14.3 Å². The summed E-state index contributed by atoms with van der Waals surface area (Å²) in [6.07, 6.45) is 1.82. The molecule has 0 aliphatic carbocycles. The number of anilines is 3. The molecule has 154 valence electrons. The minimum absolute atomic E-state index is 0.127. The predicted octanol–water partition coefficient (Wildman–Crippen LogP) is 2.08. The van der Waals surface area contributed by atoms with Crippen molar-refractivity contribution >= 4 is 23.4 Å². The minimum atomic E-state index is -0.127. The first-order chi connectivity index (χ1) is 14.1. The van der Waals surface area contributed by atoms with E-state index in [0.717, 1.165) is 54.5 Å². The normalized spacial score (nSPS) is 17.3. The molecule has 2 fully saturated rings. The summed E-state index contributed by atoms with van der Waals surface area (Å²) in [6.45, 7) is 9.69. The van der Waals surface area contributed by atoms with E-state index in [1.54, 1.807) is 0 Å². The summed E-state index contributed by atoms with van der Waals surface area (Å²) in [4.78, 5) is 25.2. The standard InChI is InChI=1S/C21H27N5O3/c1-15-11-19(23-16(2)27)22-14-18(15)17-12-20(25-3-7-28-8-4-25)24-21(13-17)26-5-9-29-10-6-26/h11-14H,3-10H2,1-2H3,(H,22,23,27). The van der Waals surface area contributed by atoms with Gasteiger partial charge >= 0.3 is 0 Å². The van der Waals surface area contributed by atoms with Gasteiger partial charge in [-0.3, -0.25) is 4.79 Å². The van der Waals surface area contributed by atoms with Crippen LogP contribution in [-0.2, 0) is 14.3 Å². The first kappa shape index (κ1) is 19.6. The fourth-order valence-corrected chi connectivity index (χ4v) is 3.67. The topological polar surface area (TPSA) is 79.8 Å². The maximum Gasteiger partial charge on any atom is 0.222 e. The van der Waals surface area contributed by atoms with Gasteiger partial charge < -0.3 is 24.6 Å². The summed E-state index contributed by atoms with van der Waals surface area (Å²) in [5, 5.41) is 2.74. The molecule has 1 N–H and O–H groups in total. The van der Waals surface area contributed by atoms with E-state index in [-0.39, 0.29) is 5.91 Å². The molecular formula is C21H27N5O3. The third-order valence-corrected chi connectivity index (χ3v) is 5.19. The minimum Gasteiger partial charge on any atom is -0.378 e. The van der Waals surface area contributed by atoms with Gasteiger partial charge in [-0.05, 0) is 36.2 Å². The molecule has 2 saturated heterocycles. The van der Waals surface area contributed by atoms with Gasteiger partial charge in [-0.2, -0.15) is 0 Å². The van der Waals surface area contributed by atoms with Crippen LogP contribution < -0.4 is 15.1 Å². The van der Waals surface area contributed by atoms with E-state index >= 15 is 0 Å². The Kier molecular flexibility index (Phi) is 5.92. The van der Waals surface area contributed by atoms with Gasteiger partial charge in [-0.1, -0.05) is 0 Å². The fourth-order valence-electron chi connectivity index (χ4n) is 3.67. The van der Waals surface area contributed by atoms with Crippen LogP contribution in [0.25, 0.3) is 11.1 Å². The van der Waals surface area contributed by atoms with Gasteiger partial charge in [0.05, 0.1) is 26.4 Å². The van der Waals surface area contributed by atoms with Crippen molar-refractivity contribution in [1.82, 2.24) is 9.97 Å². The van der Waals surface area contributed by atoms with Crippen molar-refractivity contribution in [3.8, 4) is 11.1 Å². The number of ether oxygens (including phenoxy) is 2. The lowest BCUT2D eigenvalue weighted by atomic mass is 10.0. The number of hydrogen-bond acceptors (Lipinski definition) is 7. The average Bonchev–Trinajstić information content (AvgIpc) is 2.74. The summed E-state index contributed by atoms with van der Waals surface area (Å²) >= 11 is 0. The number of aromatic nitrogens is 2. The maximum absolute atomic E-state index is 11.3. The molecule has 0 radical (unpaired) electrons. The highest BCUT2D eigenvalue weighted by Gasteiger charge is 2.19. The van der Waals surface area contributed by atoms with Gasteiger partial charge in [0.25, 0.3) is 0 Å². The van der Waals surface area contributed by atoms with E-state index in [1.807, 2.05) is 19.2 Å². The molecule has 4 heterocycles. The smallest absolute Gasteiger partial charge is 0.222 e. The number of morpholine rings is 2. The highest BCUT2D eigenvalue weighted by Crippen LogP contribution is 2.31. The SMILES string of the molecule is CC(=O)Nc1cc(C)c(-c2cc(N3CCOCC3)nc(N3CCOCC3)c2)cn1. The largest absolute Gasteiger partial charge is 0.378 e. The van der Waals surface area contributed by atoms with Gasteiger partial charge in [0, 0.05) is 44.9 Å². The molecular weight excluding hydrogens is 370 g/mol. The van der Waals surface area contributed by atoms with Crippen molar-refractivity contribution in [1.29, 1.82) is 0 Å². The van der Waals surface area contributed by atoms with E-state index < -0.39 is 0 Å². The van der Waals surface area contributed by atoms with Crippen LogP contribution in [-0.4, -0.2) is 68.5 Å². The van der Waals surface area contributed by atoms with Crippen molar-refractivity contribution in [3.63, 3.8) is 0 Å². The Balaban J connectivity index is 1.72. The molecule has 2 aromatic heterocycles. The first-order valence-corrected chi connectivity index (χ1v) is 10.0. The molecule has 0 spiro atoms. The zero-order valence-corrected chi connectivity index (χ0v) is 17.0. The number of aryl methyl sites for hydroxylation is 1. The molecule has 8 nitrogen and oxygen atoms in total. The van der Waals surface area contributed by atoms with Gasteiger partial charge in [0.2, 0.25) is 5.91 Å². The van der Waals surface area contributed by atoms with Gasteiger partial charge in [0.1, 0.15) is 17.5 Å². The van der Waals surface area contributed by atoms with Crippen LogP contribution in [0.2, 0.25) is 0 Å². The molecule has 4 rings (SSSR count). The van der Waals surface area contributed by atoms with E-state index in [9.17, 15) is 4.79 Å². The van der Waals surface area contributed by atoms with Gasteiger partial charge in [-0.25, -0.2) is 9.97 Å². The van der Waals surface area contributed by atoms with Crippen LogP contribution in [0.1, 0.15) is 12.5 Å². The number of hydrogen-bond donors (Lipinski definition) is 1. The van der Waals surface area contributed by atoms with Crippen LogP contribution >= 0.6 is 0 Å². The zero-order valence-electron chi connectivity index (χ0n) is 17.0. The Hall–Kier alpha value is -2.71. The molecule has 29 heavy (non-hydrogen) atoms. The number of pyridine rings is 2. The number of carbonyl (C=O) groups is 1. The summed E-state index contributed by atoms with van der Waals surface area (Å²) < 4.78 is 11.0. The van der Waals surface area contributed by atoms with E-state index in [0.29, 0.717) is 32.2 Å². The second-order valence-electron chi connectivity index (χ2n) is 7.34. The predicted molar refractivity (Wildman–Crippen MR) is 113 cm³/mol. The molecule has 0 aromatic carbocycles. The summed E-state index contributed by atoms with van der Waals surface area (Å²) in [6, 6.07) is 6.15. The van der Waals surface area contributed by atoms with Gasteiger partial charge in [-0.15, -0.1) is 0 Å². The van der Waals surface area contributed by atoms with Crippen LogP contribution in [0.15, 0.2) is 24.4 Å². The summed E-state index contributed by atoms with van der Waals surface area (Å²) in [7, 11) is 0. The molecule has 0 atom stereocenters. The highest BCUT2D eigenvalue weighted by atomic mass is 16.5. The number of nitrogens with zero attached hydrogens (tertiary/aromatic N) is 4. The number of amides is 1. The second kappa shape index (κ2) is 8.75. The Morgan fingerprint density at radius 3 is 2.00 bits per heavy atom. The third-order valence-electron chi connectivity index (χ3n) is 5.19. The Morgan fingerprint density at radius 1 is 0.966 bits per heavy atom. The van der Waals surface area contributed by atoms with Crippen LogP contribution in [0.3, 0.4) is 0 Å². The third kappa shape index (κ3) is 4.65. The first-order valence-electron chi connectivity index (χ1n) is 10.0. The average molecular weight is 397 g/mol. The van der Waals surface area contributed by atoms with Crippen LogP contribution in [0.5, 0.6) is 0 Å². The number of nitrogens with one attached hydrogen (secondary N) is 1. The summed E-state index contributed by atoms with van der Waals surface area (Å²) in [5.74, 6) is 2.35. The lowest BCUT2D eigenvalue weighted by Gasteiger charge is -2.32. The molecule has 2 aliphatic rings. The highest BCUT2D eigenvalue weighted by molar-refractivity contribution is 5.88. The quantitative estimate of drug-likeness (QED) is 0.846. The number of rotatable bonds is 4. The molecule has 0 saturated carbocycles. The van der Waals surface area contributed by atoms with E-state index in [1.165, 1.54) is 6.92 Å². The maximum atomic E-state index is 11.3. The summed E-state index contributed by atoms with van der Waals surface area (Å²) in [5.41, 5.74) is 3.16. The zero-order chi connectivity index (χ0) is 20.2. The van der Waals surface area contributed by atoms with E-state index in [2.05, 4.69) is 32.2 Å². The Labute approximate surface area is 170 Å². The van der Waals surface area contributed by atoms with Crippen LogP contribution in [0, 0.1) is 6.92 Å². The van der Waals surface area contributed by atoms with Crippen molar-refractivity contribution in [2.24, 2.45) is 0 Å². The molecule has 8 heteroatoms. The second-order valence-corrected chi connectivity index (χ2v) is 7.34. The monoisotopic (exact) mass is 397 g/mol. The van der Waals surface area contributed by atoms with Crippen LogP contribution in [0.4, 0.5) is 17.5 Å². The Bertz CT molecular complexity index is 840. The molecule has 0 unspecified atom stereocenters. The van der Waals surface area contributed by atoms with Crippen molar-refractivity contribution in [3.05, 3.63) is 30.0 Å². The molecule has 1 amide bonds. The van der Waals surface area contributed by atoms with E-state index in [4.69, 9.17) is 14.5 Å². The molecule has 2 aromatic rings. The number of carbonyl (C=O) groups excluding carboxylic acids is 1. The van der Waals surface area contributed by atoms with Crippen molar-refractivity contribution in [2.45, 2.75) is 13.8 Å². The lowest BCUT2D eigenvalue weighted by Crippen LogP contribution is -2.39. The van der Waals surface area contributed by atoms with Crippen molar-refractivity contribution in [2.75, 3.05) is 67.7 Å². The fraction of sp³-hybridized carbons (Fsp3) is 0.476. The lowest BCUT2D eigenvalue weighted by molar-refractivity contribution is -0.114. The molecule has 2 aliphatic heterocycles. The van der Waals surface area contributed by atoms with Gasteiger partial charge in [0.15, 0.2) is 0 Å².